The Morgan fingerprint density at radius 1 is 1.24 bits per heavy atom. The van der Waals surface area contributed by atoms with Crippen LogP contribution in [-0.4, -0.2) is 16.5 Å². The van der Waals surface area contributed by atoms with Crippen molar-refractivity contribution in [2.24, 2.45) is 0 Å². The zero-order valence-corrected chi connectivity index (χ0v) is 14.3. The number of nitrogens with zero attached hydrogens (tertiary/aromatic N) is 2. The number of halogens is 2. The van der Waals surface area contributed by atoms with E-state index in [4.69, 9.17) is 16.3 Å². The molecule has 2 rings (SSSR count). The standard InChI is InChI=1S/C15H17BrClN3O/c1-3-5-13-19-14(18-4-2)9-15(20-13)21-12-7-6-10(17)8-11(12)16/h6-9H,3-5H2,1-2H3,(H,18,19,20). The van der Waals surface area contributed by atoms with Crippen molar-refractivity contribution in [3.63, 3.8) is 0 Å². The van der Waals surface area contributed by atoms with Crippen LogP contribution >= 0.6 is 27.5 Å². The van der Waals surface area contributed by atoms with Crippen molar-refractivity contribution in [1.29, 1.82) is 0 Å². The van der Waals surface area contributed by atoms with Crippen molar-refractivity contribution < 1.29 is 4.74 Å². The summed E-state index contributed by atoms with van der Waals surface area (Å²) < 4.78 is 6.63. The van der Waals surface area contributed by atoms with Gasteiger partial charge < -0.3 is 10.1 Å². The molecule has 0 amide bonds. The van der Waals surface area contributed by atoms with Crippen LogP contribution < -0.4 is 10.1 Å². The van der Waals surface area contributed by atoms with Crippen molar-refractivity contribution in [2.75, 3.05) is 11.9 Å². The van der Waals surface area contributed by atoms with E-state index in [0.29, 0.717) is 16.7 Å². The Balaban J connectivity index is 2.29. The van der Waals surface area contributed by atoms with E-state index in [2.05, 4.69) is 38.1 Å². The van der Waals surface area contributed by atoms with Gasteiger partial charge in [-0.1, -0.05) is 18.5 Å². The fraction of sp³-hybridized carbons (Fsp3) is 0.333. The Bertz CT molecular complexity index is 598. The van der Waals surface area contributed by atoms with Crippen molar-refractivity contribution in [2.45, 2.75) is 26.7 Å². The average Bonchev–Trinajstić information content (AvgIpc) is 2.42. The lowest BCUT2D eigenvalue weighted by Gasteiger charge is -2.10. The fourth-order valence-corrected chi connectivity index (χ4v) is 2.57. The molecule has 0 fully saturated rings. The van der Waals surface area contributed by atoms with Gasteiger partial charge in [-0.2, -0.15) is 4.98 Å². The number of benzene rings is 1. The molecule has 1 N–H and O–H groups in total. The van der Waals surface area contributed by atoms with E-state index in [-0.39, 0.29) is 0 Å². The summed E-state index contributed by atoms with van der Waals surface area (Å²) >= 11 is 9.37. The van der Waals surface area contributed by atoms with Gasteiger partial charge in [0.15, 0.2) is 0 Å². The fourth-order valence-electron chi connectivity index (χ4n) is 1.80. The molecule has 0 aliphatic carbocycles. The molecule has 0 unspecified atom stereocenters. The van der Waals surface area contributed by atoms with Crippen LogP contribution in [0, 0.1) is 0 Å². The predicted octanol–water partition coefficient (Wildman–Crippen LogP) is 5.07. The summed E-state index contributed by atoms with van der Waals surface area (Å²) in [4.78, 5) is 8.89. The van der Waals surface area contributed by atoms with Crippen LogP contribution in [0.4, 0.5) is 5.82 Å². The Hall–Kier alpha value is -1.33. The summed E-state index contributed by atoms with van der Waals surface area (Å²) in [6, 6.07) is 7.17. The molecule has 4 nitrogen and oxygen atoms in total. The number of anilines is 1. The van der Waals surface area contributed by atoms with Crippen LogP contribution in [0.25, 0.3) is 0 Å². The lowest BCUT2D eigenvalue weighted by atomic mass is 10.3. The maximum Gasteiger partial charge on any atom is 0.224 e. The quantitative estimate of drug-likeness (QED) is 0.771. The predicted molar refractivity (Wildman–Crippen MR) is 89.4 cm³/mol. The molecule has 0 bridgehead atoms. The Labute approximate surface area is 138 Å². The van der Waals surface area contributed by atoms with Crippen molar-refractivity contribution in [3.05, 3.63) is 39.6 Å². The molecule has 0 spiro atoms. The van der Waals surface area contributed by atoms with Crippen LogP contribution in [0.15, 0.2) is 28.7 Å². The number of aryl methyl sites for hydroxylation is 1. The Kier molecular flexibility index (Phi) is 5.82. The second-order valence-electron chi connectivity index (χ2n) is 4.46. The van der Waals surface area contributed by atoms with Crippen molar-refractivity contribution >= 4 is 33.3 Å². The average molecular weight is 371 g/mol. The molecule has 1 aromatic carbocycles. The zero-order valence-electron chi connectivity index (χ0n) is 12.0. The second kappa shape index (κ2) is 7.61. The minimum absolute atomic E-state index is 0.521. The second-order valence-corrected chi connectivity index (χ2v) is 5.76. The Morgan fingerprint density at radius 2 is 2.05 bits per heavy atom. The van der Waals surface area contributed by atoms with Crippen molar-refractivity contribution in [3.8, 4) is 11.6 Å². The molecule has 0 saturated carbocycles. The smallest absolute Gasteiger partial charge is 0.224 e. The lowest BCUT2D eigenvalue weighted by Crippen LogP contribution is -2.04. The van der Waals surface area contributed by atoms with Crippen LogP contribution in [0.2, 0.25) is 5.02 Å². The summed E-state index contributed by atoms with van der Waals surface area (Å²) in [5.41, 5.74) is 0. The van der Waals surface area contributed by atoms with E-state index >= 15 is 0 Å². The highest BCUT2D eigenvalue weighted by Crippen LogP contribution is 2.31. The molecule has 6 heteroatoms. The van der Waals surface area contributed by atoms with Gasteiger partial charge in [0.1, 0.15) is 17.4 Å². The summed E-state index contributed by atoms with van der Waals surface area (Å²) in [5.74, 6) is 2.74. The number of nitrogens with one attached hydrogen (secondary N) is 1. The summed E-state index contributed by atoms with van der Waals surface area (Å²) in [7, 11) is 0. The van der Waals surface area contributed by atoms with E-state index in [1.165, 1.54) is 0 Å². The van der Waals surface area contributed by atoms with E-state index in [1.54, 1.807) is 24.3 Å². The van der Waals surface area contributed by atoms with Gasteiger partial charge in [0, 0.05) is 24.1 Å². The molecule has 1 heterocycles. The van der Waals surface area contributed by atoms with Crippen LogP contribution in [0.5, 0.6) is 11.6 Å². The van der Waals surface area contributed by atoms with Gasteiger partial charge in [0.05, 0.1) is 4.47 Å². The van der Waals surface area contributed by atoms with Gasteiger partial charge in [-0.05, 0) is 47.5 Å². The molecule has 0 saturated heterocycles. The molecular formula is C15H17BrClN3O. The van der Waals surface area contributed by atoms with Gasteiger partial charge in [-0.25, -0.2) is 4.98 Å². The van der Waals surface area contributed by atoms with E-state index < -0.39 is 0 Å². The van der Waals surface area contributed by atoms with Gasteiger partial charge >= 0.3 is 0 Å². The highest BCUT2D eigenvalue weighted by molar-refractivity contribution is 9.10. The molecule has 0 radical (unpaired) electrons. The Morgan fingerprint density at radius 3 is 2.71 bits per heavy atom. The number of ether oxygens (including phenoxy) is 1. The minimum atomic E-state index is 0.521. The first kappa shape index (κ1) is 16.0. The van der Waals surface area contributed by atoms with E-state index in [9.17, 15) is 0 Å². The van der Waals surface area contributed by atoms with Gasteiger partial charge in [0.2, 0.25) is 5.88 Å². The van der Waals surface area contributed by atoms with Gasteiger partial charge in [-0.3, -0.25) is 0 Å². The summed E-state index contributed by atoms with van der Waals surface area (Å²) in [6.07, 6.45) is 1.80. The third kappa shape index (κ3) is 4.58. The first-order valence-corrected chi connectivity index (χ1v) is 8.04. The minimum Gasteiger partial charge on any atom is -0.438 e. The van der Waals surface area contributed by atoms with Crippen LogP contribution in [0.1, 0.15) is 26.1 Å². The molecule has 0 aliphatic rings. The number of hydrogen-bond acceptors (Lipinski definition) is 4. The topological polar surface area (TPSA) is 47.0 Å². The van der Waals surface area contributed by atoms with E-state index in [1.807, 2.05) is 6.92 Å². The van der Waals surface area contributed by atoms with Gasteiger partial charge in [0.25, 0.3) is 0 Å². The first-order chi connectivity index (χ1) is 10.1. The highest BCUT2D eigenvalue weighted by Gasteiger charge is 2.08. The molecule has 112 valence electrons. The maximum absolute atomic E-state index is 5.93. The normalized spacial score (nSPS) is 10.5. The van der Waals surface area contributed by atoms with E-state index in [0.717, 1.165) is 35.5 Å². The largest absolute Gasteiger partial charge is 0.438 e. The molecule has 1 aromatic heterocycles. The maximum atomic E-state index is 5.93. The monoisotopic (exact) mass is 369 g/mol. The zero-order chi connectivity index (χ0) is 15.2. The number of rotatable bonds is 6. The molecule has 21 heavy (non-hydrogen) atoms. The third-order valence-electron chi connectivity index (χ3n) is 2.69. The summed E-state index contributed by atoms with van der Waals surface area (Å²) in [6.45, 7) is 4.92. The molecule has 0 aliphatic heterocycles. The van der Waals surface area contributed by atoms with Gasteiger partial charge in [-0.15, -0.1) is 0 Å². The lowest BCUT2D eigenvalue weighted by molar-refractivity contribution is 0.456. The summed E-state index contributed by atoms with van der Waals surface area (Å²) in [5, 5.41) is 3.84. The number of aromatic nitrogens is 2. The van der Waals surface area contributed by atoms with Crippen LogP contribution in [0.3, 0.4) is 0 Å². The first-order valence-electron chi connectivity index (χ1n) is 6.87. The number of hydrogen-bond donors (Lipinski definition) is 1. The third-order valence-corrected chi connectivity index (χ3v) is 3.54. The van der Waals surface area contributed by atoms with Crippen LogP contribution in [-0.2, 0) is 6.42 Å². The molecule has 0 atom stereocenters. The van der Waals surface area contributed by atoms with Crippen molar-refractivity contribution in [1.82, 2.24) is 9.97 Å². The highest BCUT2D eigenvalue weighted by atomic mass is 79.9. The molecule has 2 aromatic rings. The SMILES string of the molecule is CCCc1nc(NCC)cc(Oc2ccc(Cl)cc2Br)n1. The molecular weight excluding hydrogens is 354 g/mol.